The number of piperidine rings is 1. The van der Waals surface area contributed by atoms with Crippen LogP contribution in [0.25, 0.3) is 0 Å². The van der Waals surface area contributed by atoms with Gasteiger partial charge in [0.25, 0.3) is 0 Å². The highest BCUT2D eigenvalue weighted by Gasteiger charge is 2.47. The van der Waals surface area contributed by atoms with Crippen LogP contribution in [0.5, 0.6) is 0 Å². The Bertz CT molecular complexity index is 240. The van der Waals surface area contributed by atoms with Crippen LogP contribution in [-0.4, -0.2) is 49.2 Å². The first-order valence-electron chi connectivity index (χ1n) is 5.26. The molecule has 1 spiro atoms. The molecule has 2 heterocycles. The number of carboxylic acids is 1. The summed E-state index contributed by atoms with van der Waals surface area (Å²) in [5.74, 6) is -0.825. The van der Waals surface area contributed by atoms with Crippen molar-refractivity contribution < 1.29 is 9.90 Å². The van der Waals surface area contributed by atoms with Gasteiger partial charge in [-0.05, 0) is 38.4 Å². The summed E-state index contributed by atoms with van der Waals surface area (Å²) in [6.45, 7) is 3.61. The Balaban J connectivity index is 2.17. The van der Waals surface area contributed by atoms with Gasteiger partial charge in [0, 0.05) is 13.1 Å². The van der Waals surface area contributed by atoms with E-state index in [0.717, 1.165) is 32.5 Å². The van der Waals surface area contributed by atoms with Gasteiger partial charge >= 0.3 is 5.97 Å². The Morgan fingerprint density at radius 1 is 1.57 bits per heavy atom. The summed E-state index contributed by atoms with van der Waals surface area (Å²) < 4.78 is 0. The molecule has 2 unspecified atom stereocenters. The summed E-state index contributed by atoms with van der Waals surface area (Å²) in [7, 11) is 2.08. The Morgan fingerprint density at radius 3 is 2.93 bits per heavy atom. The fourth-order valence-electron chi connectivity index (χ4n) is 2.92. The molecule has 0 aliphatic carbocycles. The largest absolute Gasteiger partial charge is 0.481 e. The minimum atomic E-state index is -0.632. The van der Waals surface area contributed by atoms with Crippen LogP contribution < -0.4 is 5.32 Å². The molecule has 2 atom stereocenters. The highest BCUT2D eigenvalue weighted by Crippen LogP contribution is 2.42. The van der Waals surface area contributed by atoms with Gasteiger partial charge in [0.15, 0.2) is 0 Å². The molecular weight excluding hydrogens is 180 g/mol. The Hall–Kier alpha value is -0.610. The first-order chi connectivity index (χ1) is 6.64. The fourth-order valence-corrected chi connectivity index (χ4v) is 2.92. The molecule has 0 saturated carbocycles. The van der Waals surface area contributed by atoms with Crippen LogP contribution in [0.15, 0.2) is 0 Å². The SMILES string of the molecule is CN1CCC2(CCNCC2C(=O)O)C1. The molecule has 4 nitrogen and oxygen atoms in total. The monoisotopic (exact) mass is 198 g/mol. The third kappa shape index (κ3) is 1.53. The summed E-state index contributed by atoms with van der Waals surface area (Å²) in [5, 5.41) is 12.4. The number of rotatable bonds is 1. The first kappa shape index (κ1) is 9.93. The van der Waals surface area contributed by atoms with E-state index in [9.17, 15) is 9.90 Å². The quantitative estimate of drug-likeness (QED) is 0.623. The maximum absolute atomic E-state index is 11.2. The van der Waals surface area contributed by atoms with Crippen molar-refractivity contribution in [2.45, 2.75) is 12.8 Å². The van der Waals surface area contributed by atoms with Crippen molar-refractivity contribution in [3.05, 3.63) is 0 Å². The Morgan fingerprint density at radius 2 is 2.36 bits per heavy atom. The Labute approximate surface area is 84.3 Å². The van der Waals surface area contributed by atoms with Crippen LogP contribution in [0, 0.1) is 11.3 Å². The maximum atomic E-state index is 11.2. The molecule has 14 heavy (non-hydrogen) atoms. The summed E-state index contributed by atoms with van der Waals surface area (Å²) in [6.07, 6.45) is 2.05. The molecular formula is C10H18N2O2. The summed E-state index contributed by atoms with van der Waals surface area (Å²) in [5.41, 5.74) is 0.0475. The highest BCUT2D eigenvalue weighted by atomic mass is 16.4. The van der Waals surface area contributed by atoms with E-state index in [0.29, 0.717) is 6.54 Å². The first-order valence-corrected chi connectivity index (χ1v) is 5.26. The normalized spacial score (nSPS) is 39.1. The summed E-state index contributed by atoms with van der Waals surface area (Å²) in [4.78, 5) is 13.4. The number of nitrogens with one attached hydrogen (secondary N) is 1. The van der Waals surface area contributed by atoms with E-state index in [-0.39, 0.29) is 11.3 Å². The van der Waals surface area contributed by atoms with E-state index in [1.165, 1.54) is 0 Å². The lowest BCUT2D eigenvalue weighted by atomic mass is 9.70. The van der Waals surface area contributed by atoms with Gasteiger partial charge in [-0.2, -0.15) is 0 Å². The second-order valence-electron chi connectivity index (χ2n) is 4.70. The van der Waals surface area contributed by atoms with E-state index >= 15 is 0 Å². The second-order valence-corrected chi connectivity index (χ2v) is 4.70. The molecule has 4 heteroatoms. The molecule has 0 amide bonds. The number of aliphatic carboxylic acids is 1. The molecule has 0 aromatic rings. The molecule has 2 aliphatic heterocycles. The molecule has 2 saturated heterocycles. The number of likely N-dealkylation sites (tertiary alicyclic amines) is 1. The minimum absolute atomic E-state index is 0.0475. The predicted molar refractivity (Wildman–Crippen MR) is 53.2 cm³/mol. The van der Waals surface area contributed by atoms with Crippen LogP contribution in [0.2, 0.25) is 0 Å². The molecule has 0 bridgehead atoms. The fraction of sp³-hybridized carbons (Fsp3) is 0.900. The average molecular weight is 198 g/mol. The number of carbonyl (C=O) groups is 1. The van der Waals surface area contributed by atoms with Gasteiger partial charge in [-0.1, -0.05) is 0 Å². The van der Waals surface area contributed by atoms with Gasteiger partial charge in [-0.3, -0.25) is 4.79 Å². The van der Waals surface area contributed by atoms with E-state index < -0.39 is 5.97 Å². The van der Waals surface area contributed by atoms with Crippen molar-refractivity contribution in [3.63, 3.8) is 0 Å². The topological polar surface area (TPSA) is 52.6 Å². The number of hydrogen-bond acceptors (Lipinski definition) is 3. The third-order valence-electron chi connectivity index (χ3n) is 3.76. The lowest BCUT2D eigenvalue weighted by molar-refractivity contribution is -0.147. The molecule has 2 rings (SSSR count). The van der Waals surface area contributed by atoms with Gasteiger partial charge in [0.2, 0.25) is 0 Å². The number of carboxylic acid groups (broad SMARTS) is 1. The van der Waals surface area contributed by atoms with Crippen LogP contribution in [0.1, 0.15) is 12.8 Å². The van der Waals surface area contributed by atoms with Crippen molar-refractivity contribution in [3.8, 4) is 0 Å². The molecule has 2 fully saturated rings. The van der Waals surface area contributed by atoms with Crippen molar-refractivity contribution >= 4 is 5.97 Å². The average Bonchev–Trinajstić information content (AvgIpc) is 2.48. The van der Waals surface area contributed by atoms with Gasteiger partial charge in [0.05, 0.1) is 5.92 Å². The maximum Gasteiger partial charge on any atom is 0.308 e. The van der Waals surface area contributed by atoms with Gasteiger partial charge in [-0.25, -0.2) is 0 Å². The van der Waals surface area contributed by atoms with E-state index in [1.54, 1.807) is 0 Å². The van der Waals surface area contributed by atoms with E-state index in [2.05, 4.69) is 17.3 Å². The van der Waals surface area contributed by atoms with Gasteiger partial charge in [-0.15, -0.1) is 0 Å². The van der Waals surface area contributed by atoms with Crippen LogP contribution in [0.4, 0.5) is 0 Å². The molecule has 0 aromatic heterocycles. The zero-order valence-corrected chi connectivity index (χ0v) is 8.62. The smallest absolute Gasteiger partial charge is 0.308 e. The summed E-state index contributed by atoms with van der Waals surface area (Å²) in [6, 6.07) is 0. The highest BCUT2D eigenvalue weighted by molar-refractivity contribution is 5.71. The number of hydrogen-bond donors (Lipinski definition) is 2. The van der Waals surface area contributed by atoms with Crippen LogP contribution in [0.3, 0.4) is 0 Å². The van der Waals surface area contributed by atoms with Gasteiger partial charge in [0.1, 0.15) is 0 Å². The van der Waals surface area contributed by atoms with Crippen molar-refractivity contribution in [1.29, 1.82) is 0 Å². The van der Waals surface area contributed by atoms with Gasteiger partial charge < -0.3 is 15.3 Å². The zero-order chi connectivity index (χ0) is 10.2. The minimum Gasteiger partial charge on any atom is -0.481 e. The van der Waals surface area contributed by atoms with Crippen molar-refractivity contribution in [2.75, 3.05) is 33.2 Å². The van der Waals surface area contributed by atoms with Crippen LogP contribution in [-0.2, 0) is 4.79 Å². The summed E-state index contributed by atoms with van der Waals surface area (Å²) >= 11 is 0. The van der Waals surface area contributed by atoms with Crippen molar-refractivity contribution in [1.82, 2.24) is 10.2 Å². The van der Waals surface area contributed by atoms with E-state index in [1.807, 2.05) is 0 Å². The standard InChI is InChI=1S/C10H18N2O2/c1-12-5-3-10(7-12)2-4-11-6-8(10)9(13)14/h8,11H,2-7H2,1H3,(H,13,14). The predicted octanol–water partition coefficient (Wildman–Crippen LogP) is 0.00240. The molecule has 80 valence electrons. The Kier molecular flexibility index (Phi) is 2.49. The van der Waals surface area contributed by atoms with Crippen molar-refractivity contribution in [2.24, 2.45) is 11.3 Å². The van der Waals surface area contributed by atoms with Crippen LogP contribution >= 0.6 is 0 Å². The lowest BCUT2D eigenvalue weighted by Crippen LogP contribution is -2.49. The lowest BCUT2D eigenvalue weighted by Gasteiger charge is -2.39. The van der Waals surface area contributed by atoms with E-state index in [4.69, 9.17) is 0 Å². The molecule has 0 radical (unpaired) electrons. The molecule has 2 aliphatic rings. The number of nitrogens with zero attached hydrogens (tertiary/aromatic N) is 1. The third-order valence-corrected chi connectivity index (χ3v) is 3.76. The zero-order valence-electron chi connectivity index (χ0n) is 8.62. The second kappa shape index (κ2) is 3.51. The molecule has 0 aromatic carbocycles. The molecule has 2 N–H and O–H groups in total.